The molecule has 118 valence electrons. The molecule has 2 aromatic rings. The minimum absolute atomic E-state index is 0.0163. The van der Waals surface area contributed by atoms with E-state index in [1.165, 1.54) is 18.2 Å². The molecule has 0 aliphatic heterocycles. The van der Waals surface area contributed by atoms with Crippen LogP contribution in [0.5, 0.6) is 5.75 Å². The fourth-order valence-corrected chi connectivity index (χ4v) is 2.27. The van der Waals surface area contributed by atoms with E-state index in [0.717, 1.165) is 11.3 Å². The summed E-state index contributed by atoms with van der Waals surface area (Å²) in [6.07, 6.45) is 0. The summed E-state index contributed by atoms with van der Waals surface area (Å²) in [5.41, 5.74) is 1.79. The van der Waals surface area contributed by atoms with Gasteiger partial charge in [-0.1, -0.05) is 12.1 Å². The van der Waals surface area contributed by atoms with E-state index in [0.29, 0.717) is 24.4 Å². The molecule has 0 atom stereocenters. The SMILES string of the molecule is CCOc1ccc(CN(C)c2cc(C#N)ccc2[N+](=O)[O-])cc1. The highest BCUT2D eigenvalue weighted by atomic mass is 16.6. The molecule has 0 spiro atoms. The zero-order valence-corrected chi connectivity index (χ0v) is 13.0. The van der Waals surface area contributed by atoms with Crippen molar-refractivity contribution < 1.29 is 9.66 Å². The molecule has 0 fully saturated rings. The second-order valence-corrected chi connectivity index (χ2v) is 5.01. The van der Waals surface area contributed by atoms with Crippen molar-refractivity contribution in [2.24, 2.45) is 0 Å². The monoisotopic (exact) mass is 311 g/mol. The van der Waals surface area contributed by atoms with E-state index >= 15 is 0 Å². The molecule has 0 aliphatic rings. The van der Waals surface area contributed by atoms with E-state index in [1.54, 1.807) is 11.9 Å². The highest BCUT2D eigenvalue weighted by Gasteiger charge is 2.18. The molecule has 0 aliphatic carbocycles. The summed E-state index contributed by atoms with van der Waals surface area (Å²) in [5.74, 6) is 0.788. The van der Waals surface area contributed by atoms with Gasteiger partial charge in [-0.15, -0.1) is 0 Å². The number of rotatable bonds is 6. The summed E-state index contributed by atoms with van der Waals surface area (Å²) < 4.78 is 5.39. The van der Waals surface area contributed by atoms with Crippen LogP contribution in [-0.4, -0.2) is 18.6 Å². The highest BCUT2D eigenvalue weighted by Crippen LogP contribution is 2.29. The van der Waals surface area contributed by atoms with Gasteiger partial charge in [0.25, 0.3) is 5.69 Å². The lowest BCUT2D eigenvalue weighted by Gasteiger charge is -2.19. The Labute approximate surface area is 134 Å². The van der Waals surface area contributed by atoms with Crippen LogP contribution in [-0.2, 0) is 6.54 Å². The summed E-state index contributed by atoms with van der Waals surface area (Å²) in [5, 5.41) is 20.2. The topological polar surface area (TPSA) is 79.4 Å². The molecule has 23 heavy (non-hydrogen) atoms. The van der Waals surface area contributed by atoms with Gasteiger partial charge in [-0.3, -0.25) is 10.1 Å². The van der Waals surface area contributed by atoms with Gasteiger partial charge in [0.05, 0.1) is 23.2 Å². The Morgan fingerprint density at radius 1 is 1.26 bits per heavy atom. The minimum Gasteiger partial charge on any atom is -0.494 e. The first-order chi connectivity index (χ1) is 11.0. The van der Waals surface area contributed by atoms with Crippen LogP contribution in [0, 0.1) is 21.4 Å². The summed E-state index contributed by atoms with van der Waals surface area (Å²) in [4.78, 5) is 12.5. The second-order valence-electron chi connectivity index (χ2n) is 5.01. The van der Waals surface area contributed by atoms with Crippen LogP contribution in [0.3, 0.4) is 0 Å². The first-order valence-corrected chi connectivity index (χ1v) is 7.16. The lowest BCUT2D eigenvalue weighted by Crippen LogP contribution is -2.17. The second kappa shape index (κ2) is 7.27. The Balaban J connectivity index is 2.24. The third-order valence-electron chi connectivity index (χ3n) is 3.37. The average molecular weight is 311 g/mol. The number of benzene rings is 2. The third-order valence-corrected chi connectivity index (χ3v) is 3.37. The normalized spacial score (nSPS) is 9.96. The summed E-state index contributed by atoms with van der Waals surface area (Å²) in [6.45, 7) is 3.01. The van der Waals surface area contributed by atoms with E-state index in [9.17, 15) is 10.1 Å². The first kappa shape index (κ1) is 16.3. The lowest BCUT2D eigenvalue weighted by atomic mass is 10.1. The van der Waals surface area contributed by atoms with Gasteiger partial charge in [0.1, 0.15) is 11.4 Å². The van der Waals surface area contributed by atoms with Crippen molar-refractivity contribution in [2.45, 2.75) is 13.5 Å². The molecule has 0 N–H and O–H groups in total. The maximum Gasteiger partial charge on any atom is 0.292 e. The van der Waals surface area contributed by atoms with Crippen LogP contribution in [0.1, 0.15) is 18.1 Å². The first-order valence-electron chi connectivity index (χ1n) is 7.16. The summed E-state index contributed by atoms with van der Waals surface area (Å²) in [7, 11) is 1.76. The predicted octanol–water partition coefficient (Wildman–Crippen LogP) is 3.50. The molecule has 0 unspecified atom stereocenters. The molecule has 0 aromatic heterocycles. The van der Waals surface area contributed by atoms with Gasteiger partial charge >= 0.3 is 0 Å². The van der Waals surface area contributed by atoms with Crippen LogP contribution in [0.25, 0.3) is 0 Å². The van der Waals surface area contributed by atoms with Crippen molar-refractivity contribution in [3.63, 3.8) is 0 Å². The Kier molecular flexibility index (Phi) is 5.15. The van der Waals surface area contributed by atoms with Gasteiger partial charge in [-0.2, -0.15) is 5.26 Å². The van der Waals surface area contributed by atoms with Crippen LogP contribution in [0.2, 0.25) is 0 Å². The molecule has 0 radical (unpaired) electrons. The van der Waals surface area contributed by atoms with E-state index in [2.05, 4.69) is 0 Å². The molecular weight excluding hydrogens is 294 g/mol. The molecule has 2 rings (SSSR count). The van der Waals surface area contributed by atoms with Crippen molar-refractivity contribution in [3.8, 4) is 11.8 Å². The van der Waals surface area contributed by atoms with Crippen molar-refractivity contribution in [2.75, 3.05) is 18.6 Å². The van der Waals surface area contributed by atoms with E-state index in [4.69, 9.17) is 10.00 Å². The molecule has 6 nitrogen and oxygen atoms in total. The Morgan fingerprint density at radius 3 is 2.52 bits per heavy atom. The molecule has 0 saturated heterocycles. The molecule has 0 bridgehead atoms. The molecule has 2 aromatic carbocycles. The van der Waals surface area contributed by atoms with E-state index < -0.39 is 4.92 Å². The summed E-state index contributed by atoms with van der Waals surface area (Å²) in [6, 6.07) is 13.9. The number of anilines is 1. The third kappa shape index (κ3) is 3.98. The minimum atomic E-state index is -0.439. The van der Waals surface area contributed by atoms with Crippen LogP contribution in [0.15, 0.2) is 42.5 Å². The molecule has 0 saturated carbocycles. The number of nitro benzene ring substituents is 1. The number of hydrogen-bond donors (Lipinski definition) is 0. The fraction of sp³-hybridized carbons (Fsp3) is 0.235. The molecule has 6 heteroatoms. The smallest absolute Gasteiger partial charge is 0.292 e. The molecule has 0 amide bonds. The van der Waals surface area contributed by atoms with Crippen molar-refractivity contribution in [1.29, 1.82) is 5.26 Å². The lowest BCUT2D eigenvalue weighted by molar-refractivity contribution is -0.384. The standard InChI is InChI=1S/C17H17N3O3/c1-3-23-15-7-4-13(5-8-15)12-19(2)17-10-14(11-18)6-9-16(17)20(21)22/h4-10H,3,12H2,1-2H3. The predicted molar refractivity (Wildman–Crippen MR) is 87.5 cm³/mol. The van der Waals surface area contributed by atoms with Crippen molar-refractivity contribution in [1.82, 2.24) is 0 Å². The van der Waals surface area contributed by atoms with Gasteiger partial charge in [0.15, 0.2) is 0 Å². The summed E-state index contributed by atoms with van der Waals surface area (Å²) >= 11 is 0. The van der Waals surface area contributed by atoms with Crippen molar-refractivity contribution in [3.05, 3.63) is 63.7 Å². The van der Waals surface area contributed by atoms with Crippen LogP contribution in [0.4, 0.5) is 11.4 Å². The Morgan fingerprint density at radius 2 is 1.96 bits per heavy atom. The average Bonchev–Trinajstić information content (AvgIpc) is 2.56. The molecule has 0 heterocycles. The number of nitrogens with zero attached hydrogens (tertiary/aromatic N) is 3. The van der Waals surface area contributed by atoms with Gasteiger partial charge in [-0.25, -0.2) is 0 Å². The van der Waals surface area contributed by atoms with Crippen molar-refractivity contribution >= 4 is 11.4 Å². The van der Waals surface area contributed by atoms with Crippen LogP contribution < -0.4 is 9.64 Å². The van der Waals surface area contributed by atoms with E-state index in [1.807, 2.05) is 37.3 Å². The Bertz CT molecular complexity index is 736. The maximum atomic E-state index is 11.2. The fourth-order valence-electron chi connectivity index (χ4n) is 2.27. The number of ether oxygens (including phenoxy) is 1. The maximum absolute atomic E-state index is 11.2. The zero-order valence-electron chi connectivity index (χ0n) is 13.0. The number of nitro groups is 1. The molecular formula is C17H17N3O3. The van der Waals surface area contributed by atoms with Gasteiger partial charge in [0.2, 0.25) is 0 Å². The number of hydrogen-bond acceptors (Lipinski definition) is 5. The highest BCUT2D eigenvalue weighted by molar-refractivity contribution is 5.65. The van der Waals surface area contributed by atoms with Gasteiger partial charge in [0, 0.05) is 19.7 Å². The zero-order chi connectivity index (χ0) is 16.8. The van der Waals surface area contributed by atoms with Gasteiger partial charge < -0.3 is 9.64 Å². The quantitative estimate of drug-likeness (QED) is 0.602. The number of nitriles is 1. The van der Waals surface area contributed by atoms with Crippen LogP contribution >= 0.6 is 0 Å². The van der Waals surface area contributed by atoms with Gasteiger partial charge in [-0.05, 0) is 36.8 Å². The largest absolute Gasteiger partial charge is 0.494 e. The van der Waals surface area contributed by atoms with E-state index in [-0.39, 0.29) is 5.69 Å². The Hall–Kier alpha value is -3.07.